The summed E-state index contributed by atoms with van der Waals surface area (Å²) in [5, 5.41) is 10.6. The van der Waals surface area contributed by atoms with Gasteiger partial charge in [0.05, 0.1) is 40.2 Å². The van der Waals surface area contributed by atoms with E-state index in [4.69, 9.17) is 4.74 Å². The molecule has 2 amide bonds. The maximum Gasteiger partial charge on any atom is 0.308 e. The molecular weight excluding hydrogens is 556 g/mol. The summed E-state index contributed by atoms with van der Waals surface area (Å²) in [6.07, 6.45) is 3.12. The molecule has 0 aliphatic carbocycles. The minimum absolute atomic E-state index is 0.0306. The van der Waals surface area contributed by atoms with Crippen LogP contribution in [0.3, 0.4) is 0 Å². The fraction of sp³-hybridized carbons (Fsp3) is 0.571. The monoisotopic (exact) mass is 607 g/mol. The lowest BCUT2D eigenvalue weighted by Gasteiger charge is -2.31. The van der Waals surface area contributed by atoms with Gasteiger partial charge in [-0.2, -0.15) is 0 Å². The second-order valence-electron chi connectivity index (χ2n) is 13.3. The highest BCUT2D eigenvalue weighted by Crippen LogP contribution is 2.41. The highest BCUT2D eigenvalue weighted by atomic mass is 16.5. The average molecular weight is 608 g/mol. The number of fused-ring (bicyclic) bond motifs is 1. The first kappa shape index (κ1) is 33.5. The van der Waals surface area contributed by atoms with Gasteiger partial charge in [-0.1, -0.05) is 37.6 Å². The van der Waals surface area contributed by atoms with Crippen LogP contribution in [0.1, 0.15) is 62.6 Å². The van der Waals surface area contributed by atoms with Gasteiger partial charge >= 0.3 is 5.97 Å². The van der Waals surface area contributed by atoms with Crippen LogP contribution in [0, 0.1) is 5.92 Å². The van der Waals surface area contributed by atoms with Crippen LogP contribution in [-0.4, -0.2) is 104 Å². The van der Waals surface area contributed by atoms with Crippen molar-refractivity contribution in [1.29, 1.82) is 0 Å². The van der Waals surface area contributed by atoms with Gasteiger partial charge in [-0.25, -0.2) is 0 Å². The molecular formula is C35H51N4O5+. The molecule has 240 valence electrons. The van der Waals surface area contributed by atoms with Crippen LogP contribution in [0.15, 0.2) is 42.5 Å². The standard InChI is InChI=1S/C35H50N4O5/c1-7-9-17-38(29-12-10-11-26(20-29)24-39(4,5)6)33(41)23-37-22-30(27-13-14-32-28(21-27)16-19-44-32)34(35(42)43)31(37)15-18-36(8-2)25(3)40/h10-14,20-21,30-31,34H,7-9,15-19,22-24H2,1-6H3/p+1/t30-,31+,34-/m1/s1. The number of unbranched alkanes of at least 4 members (excludes halogenated alkanes) is 1. The lowest BCUT2D eigenvalue weighted by atomic mass is 9.83. The summed E-state index contributed by atoms with van der Waals surface area (Å²) in [5.74, 6) is -1.05. The first-order chi connectivity index (χ1) is 20.9. The molecule has 1 saturated heterocycles. The highest BCUT2D eigenvalue weighted by Gasteiger charge is 2.47. The Bertz CT molecular complexity index is 1320. The molecule has 0 bridgehead atoms. The number of carbonyl (C=O) groups is 3. The van der Waals surface area contributed by atoms with Gasteiger partial charge in [-0.15, -0.1) is 0 Å². The second kappa shape index (κ2) is 14.6. The number of hydrogen-bond donors (Lipinski definition) is 1. The first-order valence-corrected chi connectivity index (χ1v) is 16.1. The number of carboxylic acid groups (broad SMARTS) is 1. The number of aliphatic carboxylic acids is 1. The summed E-state index contributed by atoms with van der Waals surface area (Å²) < 4.78 is 6.49. The predicted octanol–water partition coefficient (Wildman–Crippen LogP) is 4.39. The predicted molar refractivity (Wildman–Crippen MR) is 173 cm³/mol. The van der Waals surface area contributed by atoms with E-state index in [1.807, 2.05) is 36.1 Å². The summed E-state index contributed by atoms with van der Waals surface area (Å²) in [7, 11) is 6.44. The third-order valence-electron chi connectivity index (χ3n) is 8.95. The number of anilines is 1. The number of benzene rings is 2. The van der Waals surface area contributed by atoms with E-state index in [9.17, 15) is 19.5 Å². The van der Waals surface area contributed by atoms with Crippen molar-refractivity contribution < 1.29 is 28.7 Å². The molecule has 2 aliphatic heterocycles. The zero-order chi connectivity index (χ0) is 32.0. The fourth-order valence-electron chi connectivity index (χ4n) is 6.80. The van der Waals surface area contributed by atoms with Crippen LogP contribution in [0.25, 0.3) is 0 Å². The van der Waals surface area contributed by atoms with Crippen LogP contribution in [-0.2, 0) is 27.3 Å². The number of hydrogen-bond acceptors (Lipinski definition) is 5. The summed E-state index contributed by atoms with van der Waals surface area (Å²) >= 11 is 0. The highest BCUT2D eigenvalue weighted by molar-refractivity contribution is 5.95. The van der Waals surface area contributed by atoms with Crippen molar-refractivity contribution in [2.75, 3.05) is 65.4 Å². The number of carboxylic acids is 1. The van der Waals surface area contributed by atoms with Gasteiger partial charge in [0.15, 0.2) is 0 Å². The molecule has 0 spiro atoms. The Hall–Kier alpha value is -3.43. The van der Waals surface area contributed by atoms with E-state index < -0.39 is 17.9 Å². The molecule has 2 aliphatic rings. The smallest absolute Gasteiger partial charge is 0.308 e. The van der Waals surface area contributed by atoms with Crippen molar-refractivity contribution in [3.8, 4) is 5.75 Å². The van der Waals surface area contributed by atoms with Crippen molar-refractivity contribution in [3.63, 3.8) is 0 Å². The van der Waals surface area contributed by atoms with Crippen molar-refractivity contribution in [3.05, 3.63) is 59.2 Å². The molecule has 0 unspecified atom stereocenters. The lowest BCUT2D eigenvalue weighted by molar-refractivity contribution is -0.884. The first-order valence-electron chi connectivity index (χ1n) is 16.1. The molecule has 0 aromatic heterocycles. The lowest BCUT2D eigenvalue weighted by Crippen LogP contribution is -2.46. The minimum atomic E-state index is -0.867. The Labute approximate surface area is 263 Å². The fourth-order valence-corrected chi connectivity index (χ4v) is 6.80. The van der Waals surface area contributed by atoms with Crippen LogP contribution >= 0.6 is 0 Å². The van der Waals surface area contributed by atoms with Crippen LogP contribution < -0.4 is 9.64 Å². The largest absolute Gasteiger partial charge is 0.493 e. The van der Waals surface area contributed by atoms with E-state index in [-0.39, 0.29) is 24.3 Å². The second-order valence-corrected chi connectivity index (χ2v) is 13.3. The number of likely N-dealkylation sites (tertiary alicyclic amines) is 1. The molecule has 9 heteroatoms. The van der Waals surface area contributed by atoms with Gasteiger partial charge in [-0.05, 0) is 49.1 Å². The van der Waals surface area contributed by atoms with Crippen molar-refractivity contribution >= 4 is 23.5 Å². The average Bonchev–Trinajstić information content (AvgIpc) is 3.57. The molecule has 1 N–H and O–H groups in total. The van der Waals surface area contributed by atoms with Gasteiger partial charge in [0, 0.05) is 62.7 Å². The molecule has 0 saturated carbocycles. The van der Waals surface area contributed by atoms with Gasteiger partial charge in [0.25, 0.3) is 0 Å². The molecule has 0 radical (unpaired) electrons. The van der Waals surface area contributed by atoms with Crippen LogP contribution in [0.4, 0.5) is 5.69 Å². The van der Waals surface area contributed by atoms with E-state index in [0.717, 1.165) is 52.9 Å². The summed E-state index contributed by atoms with van der Waals surface area (Å²) in [6.45, 7) is 9.26. The molecule has 4 rings (SSSR count). The Morgan fingerprint density at radius 2 is 1.84 bits per heavy atom. The zero-order valence-corrected chi connectivity index (χ0v) is 27.4. The summed E-state index contributed by atoms with van der Waals surface area (Å²) in [6, 6.07) is 13.8. The van der Waals surface area contributed by atoms with E-state index in [1.54, 1.807) is 11.8 Å². The Morgan fingerprint density at radius 1 is 1.07 bits per heavy atom. The number of amides is 2. The third kappa shape index (κ3) is 8.18. The molecule has 44 heavy (non-hydrogen) atoms. The quantitative estimate of drug-likeness (QED) is 0.321. The van der Waals surface area contributed by atoms with Crippen molar-refractivity contribution in [2.45, 2.75) is 65.0 Å². The van der Waals surface area contributed by atoms with Gasteiger partial charge < -0.3 is 24.1 Å². The summed E-state index contributed by atoms with van der Waals surface area (Å²) in [4.78, 5) is 45.0. The molecule has 9 nitrogen and oxygen atoms in total. The van der Waals surface area contributed by atoms with Crippen LogP contribution in [0.5, 0.6) is 5.75 Å². The normalized spacial score (nSPS) is 19.8. The number of quaternary nitrogens is 1. The third-order valence-corrected chi connectivity index (χ3v) is 8.95. The maximum atomic E-state index is 14.2. The molecule has 2 aromatic carbocycles. The molecule has 2 aromatic rings. The number of nitrogens with zero attached hydrogens (tertiary/aromatic N) is 4. The SMILES string of the molecule is CCCCN(C(=O)CN1C[C@H](c2ccc3c(c2)CCO3)[C@@H](C(=O)O)[C@@H]1CCN(CC)C(C)=O)c1cccc(C[N+](C)(C)C)c1. The number of rotatable bonds is 14. The number of carbonyl (C=O) groups excluding carboxylic acids is 2. The molecule has 2 heterocycles. The number of ether oxygens (including phenoxy) is 1. The van der Waals surface area contributed by atoms with Gasteiger partial charge in [-0.3, -0.25) is 19.3 Å². The topological polar surface area (TPSA) is 90.4 Å². The van der Waals surface area contributed by atoms with Crippen molar-refractivity contribution in [1.82, 2.24) is 9.80 Å². The molecule has 3 atom stereocenters. The van der Waals surface area contributed by atoms with Crippen molar-refractivity contribution in [2.24, 2.45) is 5.92 Å². The van der Waals surface area contributed by atoms with E-state index in [0.29, 0.717) is 39.2 Å². The van der Waals surface area contributed by atoms with Gasteiger partial charge in [0.1, 0.15) is 12.3 Å². The van der Waals surface area contributed by atoms with E-state index >= 15 is 0 Å². The van der Waals surface area contributed by atoms with Crippen LogP contribution in [0.2, 0.25) is 0 Å². The van der Waals surface area contributed by atoms with Gasteiger partial charge in [0.2, 0.25) is 11.8 Å². The summed E-state index contributed by atoms with van der Waals surface area (Å²) in [5.41, 5.74) is 4.12. The van der Waals surface area contributed by atoms with E-state index in [1.165, 1.54) is 5.56 Å². The maximum absolute atomic E-state index is 14.2. The Balaban J connectivity index is 1.65. The zero-order valence-electron chi connectivity index (χ0n) is 27.4. The Morgan fingerprint density at radius 3 is 2.50 bits per heavy atom. The van der Waals surface area contributed by atoms with E-state index in [2.05, 4.69) is 51.2 Å². The Kier molecular flexibility index (Phi) is 11.1. The minimum Gasteiger partial charge on any atom is -0.493 e. The molecule has 1 fully saturated rings.